The minimum Gasteiger partial charge on any atom is -0.372 e. The number of anilines is 1. The van der Waals surface area contributed by atoms with Crippen LogP contribution in [0.15, 0.2) is 12.3 Å². The van der Waals surface area contributed by atoms with Gasteiger partial charge in [0, 0.05) is 31.9 Å². The van der Waals surface area contributed by atoms with Crippen LogP contribution in [0.2, 0.25) is 0 Å². The lowest BCUT2D eigenvalue weighted by Gasteiger charge is -2.44. The van der Waals surface area contributed by atoms with E-state index in [0.29, 0.717) is 0 Å². The topological polar surface area (TPSA) is 41.5 Å². The summed E-state index contributed by atoms with van der Waals surface area (Å²) in [4.78, 5) is 14.4. The molecule has 0 radical (unpaired) electrons. The molecule has 138 valence electrons. The lowest BCUT2D eigenvalue weighted by atomic mass is 9.78. The third-order valence-corrected chi connectivity index (χ3v) is 6.13. The number of fused-ring (bicyclic) bond motifs is 1. The number of hydrogen-bond donors (Lipinski definition) is 0. The summed E-state index contributed by atoms with van der Waals surface area (Å²) in [7, 11) is 0. The summed E-state index contributed by atoms with van der Waals surface area (Å²) in [6.45, 7) is 8.22. The molecule has 0 amide bonds. The van der Waals surface area contributed by atoms with E-state index in [1.807, 2.05) is 6.20 Å². The molecule has 1 saturated carbocycles. The molecule has 2 saturated heterocycles. The average Bonchev–Trinajstić information content (AvgIpc) is 2.61. The molecule has 0 bridgehead atoms. The van der Waals surface area contributed by atoms with Gasteiger partial charge in [-0.05, 0) is 58.1 Å². The SMILES string of the molecule is C[C@@H]1CN(c2nccc(CN3CCC[C@@H]4CCCC[C@H]43)n2)C[C@@H](C)O1. The van der Waals surface area contributed by atoms with Crippen molar-refractivity contribution in [1.82, 2.24) is 14.9 Å². The second-order valence-electron chi connectivity index (χ2n) is 8.23. The Kier molecular flexibility index (Phi) is 5.23. The van der Waals surface area contributed by atoms with Crippen molar-refractivity contribution in [2.45, 2.75) is 77.2 Å². The normalized spacial score (nSPS) is 33.9. The van der Waals surface area contributed by atoms with Gasteiger partial charge in [0.05, 0.1) is 17.9 Å². The molecule has 5 nitrogen and oxygen atoms in total. The van der Waals surface area contributed by atoms with Gasteiger partial charge in [0.2, 0.25) is 5.95 Å². The average molecular weight is 345 g/mol. The smallest absolute Gasteiger partial charge is 0.225 e. The lowest BCUT2D eigenvalue weighted by molar-refractivity contribution is -0.00575. The van der Waals surface area contributed by atoms with Crippen molar-refractivity contribution >= 4 is 5.95 Å². The minimum absolute atomic E-state index is 0.237. The zero-order valence-corrected chi connectivity index (χ0v) is 15.7. The van der Waals surface area contributed by atoms with Crippen molar-refractivity contribution in [1.29, 1.82) is 0 Å². The molecule has 5 heteroatoms. The standard InChI is InChI=1S/C20H32N4O/c1-15-12-24(13-16(2)25-15)20-21-10-9-18(22-20)14-23-11-5-7-17-6-3-4-8-19(17)23/h9-10,15-17,19H,3-8,11-14H2,1-2H3/t15-,16-,17+,19-/m1/s1. The van der Waals surface area contributed by atoms with Gasteiger partial charge in [0.25, 0.3) is 0 Å². The van der Waals surface area contributed by atoms with Crippen LogP contribution in [0.1, 0.15) is 58.1 Å². The summed E-state index contributed by atoms with van der Waals surface area (Å²) >= 11 is 0. The molecule has 1 aromatic heterocycles. The van der Waals surface area contributed by atoms with Crippen LogP contribution in [0.25, 0.3) is 0 Å². The monoisotopic (exact) mass is 344 g/mol. The van der Waals surface area contributed by atoms with Crippen LogP contribution < -0.4 is 4.90 Å². The molecule has 0 unspecified atom stereocenters. The molecule has 0 spiro atoms. The second kappa shape index (κ2) is 7.58. The molecule has 2 aliphatic heterocycles. The first-order valence-corrected chi connectivity index (χ1v) is 10.2. The lowest BCUT2D eigenvalue weighted by Crippen LogP contribution is -2.47. The van der Waals surface area contributed by atoms with E-state index in [1.165, 1.54) is 50.8 Å². The zero-order valence-electron chi connectivity index (χ0n) is 15.7. The van der Waals surface area contributed by atoms with Gasteiger partial charge in [-0.1, -0.05) is 12.8 Å². The van der Waals surface area contributed by atoms with E-state index in [1.54, 1.807) is 0 Å². The van der Waals surface area contributed by atoms with Crippen molar-refractivity contribution in [3.05, 3.63) is 18.0 Å². The Balaban J connectivity index is 1.46. The first kappa shape index (κ1) is 17.2. The van der Waals surface area contributed by atoms with Crippen molar-refractivity contribution in [2.24, 2.45) is 5.92 Å². The maximum atomic E-state index is 5.84. The third kappa shape index (κ3) is 3.98. The van der Waals surface area contributed by atoms with E-state index in [2.05, 4.69) is 34.7 Å². The molecule has 4 atom stereocenters. The maximum absolute atomic E-state index is 5.84. The van der Waals surface area contributed by atoms with Crippen molar-refractivity contribution in [3.8, 4) is 0 Å². The fourth-order valence-electron chi connectivity index (χ4n) is 5.10. The third-order valence-electron chi connectivity index (χ3n) is 6.13. The van der Waals surface area contributed by atoms with Crippen molar-refractivity contribution < 1.29 is 4.74 Å². The molecule has 1 aliphatic carbocycles. The van der Waals surface area contributed by atoms with Crippen molar-refractivity contribution in [2.75, 3.05) is 24.5 Å². The van der Waals surface area contributed by atoms with Crippen LogP contribution >= 0.6 is 0 Å². The Morgan fingerprint density at radius 2 is 1.84 bits per heavy atom. The summed E-state index contributed by atoms with van der Waals surface area (Å²) in [5, 5.41) is 0. The predicted molar refractivity (Wildman–Crippen MR) is 99.6 cm³/mol. The summed E-state index contributed by atoms with van der Waals surface area (Å²) in [6, 6.07) is 2.88. The van der Waals surface area contributed by atoms with Crippen LogP contribution in [0.3, 0.4) is 0 Å². The maximum Gasteiger partial charge on any atom is 0.225 e. The molecule has 0 aromatic carbocycles. The Labute approximate surface area is 151 Å². The largest absolute Gasteiger partial charge is 0.372 e. The molecular weight excluding hydrogens is 312 g/mol. The van der Waals surface area contributed by atoms with E-state index >= 15 is 0 Å². The molecule has 4 rings (SSSR count). The Morgan fingerprint density at radius 1 is 1.08 bits per heavy atom. The summed E-state index contributed by atoms with van der Waals surface area (Å²) < 4.78 is 5.84. The zero-order chi connectivity index (χ0) is 17.2. The van der Waals surface area contributed by atoms with Gasteiger partial charge >= 0.3 is 0 Å². The van der Waals surface area contributed by atoms with E-state index in [9.17, 15) is 0 Å². The first-order chi connectivity index (χ1) is 12.2. The van der Waals surface area contributed by atoms with Gasteiger partial charge in [-0.15, -0.1) is 0 Å². The number of morpholine rings is 1. The molecule has 3 heterocycles. The molecule has 25 heavy (non-hydrogen) atoms. The molecule has 0 N–H and O–H groups in total. The van der Waals surface area contributed by atoms with E-state index in [4.69, 9.17) is 9.72 Å². The summed E-state index contributed by atoms with van der Waals surface area (Å²) in [5.74, 6) is 1.79. The highest BCUT2D eigenvalue weighted by Crippen LogP contribution is 2.35. The number of likely N-dealkylation sites (tertiary alicyclic amines) is 1. The van der Waals surface area contributed by atoms with E-state index in [0.717, 1.165) is 37.5 Å². The minimum atomic E-state index is 0.237. The highest BCUT2D eigenvalue weighted by molar-refractivity contribution is 5.31. The molecule has 3 fully saturated rings. The number of ether oxygens (including phenoxy) is 1. The Bertz CT molecular complexity index is 569. The number of rotatable bonds is 3. The number of aromatic nitrogens is 2. The van der Waals surface area contributed by atoms with E-state index in [-0.39, 0.29) is 12.2 Å². The van der Waals surface area contributed by atoms with Gasteiger partial charge in [-0.25, -0.2) is 9.97 Å². The van der Waals surface area contributed by atoms with Crippen LogP contribution in [-0.4, -0.2) is 52.8 Å². The fourth-order valence-corrected chi connectivity index (χ4v) is 5.10. The van der Waals surface area contributed by atoms with Crippen LogP contribution in [-0.2, 0) is 11.3 Å². The fraction of sp³-hybridized carbons (Fsp3) is 0.800. The number of nitrogens with zero attached hydrogens (tertiary/aromatic N) is 4. The highest BCUT2D eigenvalue weighted by atomic mass is 16.5. The van der Waals surface area contributed by atoms with Crippen LogP contribution in [0.4, 0.5) is 5.95 Å². The van der Waals surface area contributed by atoms with Gasteiger partial charge in [0.1, 0.15) is 0 Å². The second-order valence-corrected chi connectivity index (χ2v) is 8.23. The summed E-state index contributed by atoms with van der Waals surface area (Å²) in [5.41, 5.74) is 1.17. The van der Waals surface area contributed by atoms with Crippen LogP contribution in [0, 0.1) is 5.92 Å². The molecule has 3 aliphatic rings. The van der Waals surface area contributed by atoms with Crippen LogP contribution in [0.5, 0.6) is 0 Å². The molecular formula is C20H32N4O. The van der Waals surface area contributed by atoms with Crippen molar-refractivity contribution in [3.63, 3.8) is 0 Å². The quantitative estimate of drug-likeness (QED) is 0.842. The molecule has 1 aromatic rings. The summed E-state index contributed by atoms with van der Waals surface area (Å²) in [6.07, 6.45) is 10.8. The van der Waals surface area contributed by atoms with Gasteiger partial charge in [-0.3, -0.25) is 4.90 Å². The van der Waals surface area contributed by atoms with Gasteiger partial charge < -0.3 is 9.64 Å². The predicted octanol–water partition coefficient (Wildman–Crippen LogP) is 3.24. The first-order valence-electron chi connectivity index (χ1n) is 10.2. The Hall–Kier alpha value is -1.20. The van der Waals surface area contributed by atoms with Gasteiger partial charge in [-0.2, -0.15) is 0 Å². The number of piperidine rings is 1. The highest BCUT2D eigenvalue weighted by Gasteiger charge is 2.33. The Morgan fingerprint density at radius 3 is 2.68 bits per heavy atom. The van der Waals surface area contributed by atoms with E-state index < -0.39 is 0 Å². The van der Waals surface area contributed by atoms with Gasteiger partial charge in [0.15, 0.2) is 0 Å². The number of hydrogen-bond acceptors (Lipinski definition) is 5.